The smallest absolute Gasteiger partial charge is 0.313 e. The zero-order valence-electron chi connectivity index (χ0n) is 84.2. The van der Waals surface area contributed by atoms with Crippen LogP contribution in [-0.2, 0) is 85.6 Å². The van der Waals surface area contributed by atoms with Gasteiger partial charge in [-0.05, 0) is 324 Å². The average Bonchev–Trinajstić information content (AvgIpc) is 1.58. The Labute approximate surface area is 826 Å². The van der Waals surface area contributed by atoms with Crippen molar-refractivity contribution in [1.29, 1.82) is 0 Å². The van der Waals surface area contributed by atoms with Gasteiger partial charge in [-0.15, -0.1) is 0 Å². The number of hydrogen-bond acceptors (Lipinski definition) is 18. The molecule has 18 nitrogen and oxygen atoms in total. The van der Waals surface area contributed by atoms with Gasteiger partial charge >= 0.3 is 35.8 Å². The fourth-order valence-electron chi connectivity index (χ4n) is 24.4. The average molecular weight is 1900 g/mol. The molecule has 0 N–H and O–H groups in total. The number of fused-ring (bicyclic) bond motifs is 12. The van der Waals surface area contributed by atoms with E-state index in [9.17, 15) is 28.8 Å². The Kier molecular flexibility index (Phi) is 55.4. The third kappa shape index (κ3) is 28.8. The Balaban J connectivity index is -0.000000357. The molecule has 12 rings (SSSR count). The van der Waals surface area contributed by atoms with Gasteiger partial charge in [-0.3, -0.25) is 28.8 Å². The first-order valence-corrected chi connectivity index (χ1v) is 48.5. The molecular formula is C115H230O18. The first-order valence-electron chi connectivity index (χ1n) is 48.5. The maximum Gasteiger partial charge on any atom is 0.313 e. The summed E-state index contributed by atoms with van der Waals surface area (Å²) in [7, 11) is 0. The molecule has 12 aliphatic carbocycles. The van der Waals surface area contributed by atoms with Crippen molar-refractivity contribution in [2.24, 2.45) is 134 Å². The second-order valence-corrected chi connectivity index (χ2v) is 47.6. The lowest BCUT2D eigenvalue weighted by Crippen LogP contribution is -2.45. The van der Waals surface area contributed by atoms with E-state index in [1.807, 2.05) is 132 Å². The van der Waals surface area contributed by atoms with Gasteiger partial charge in [0.2, 0.25) is 0 Å². The SMILES string of the molecule is C.C.C.C.C.C.C.C.C.C.C.C.CCC(C)(C)C(=O)OC(C)OC1C2(C)CCC(C2)C1(C)C.CCC(C)(C)C(=O)OC(C)OC1CC2CCC1(C)C2(C)C.CCC(C)(C)C(=O)OCOC1CC2CCC1(C)C2(C)C.CCC(C)C(=O)OC(C)OC1C2(C)CCC(C2)C1(C)C.CCC(C)C(=O)OC(C)OC1CC2CCC1(C)C2(C)C.CCC(C)C(=O)OCOC1CC2CCC1(C)C2(C)C. The third-order valence-electron chi connectivity index (χ3n) is 37.9. The molecule has 0 aromatic heterocycles. The standard InChI is InChI=1S/2C18H32O3.3C17H30O3.C16H28O3.12CH4/c1-8-16(3,4)15(19)21-12(2)20-14-17(5,6)13-9-10-18(14,7)11-13;1-8-16(3,4)15(19)21-12(2)20-14-11-13-9-10-18(14,7)17(13,5)6;1-7-15(2,3)14(18)20-11-19-13-10-12-8-9-17(13,6)16(12,4)5;1-7-11(2)14(18)19-12(3)20-15-16(4,5)13-8-9-17(15,6)10-13;1-7-11(2)15(18)20-12(3)19-14-10-13-8-9-17(14,6)16(13,4)5;1-6-11(2)14(17)19-10-18-13-9-12-7-8-16(13,5)15(12,3)4;;;;;;;;;;;;/h2*12-14H,8-11H2,1-7H3;12-13H,7-11H2,1-6H3;11-13,15H,7-10H2,1-6H3;11-14H,7-10H2,1-6H3;11-13H,6-10H2,1-5H3;12*1H4. The summed E-state index contributed by atoms with van der Waals surface area (Å²) in [6.07, 6.45) is 26.3. The van der Waals surface area contributed by atoms with Gasteiger partial charge < -0.3 is 56.8 Å². The van der Waals surface area contributed by atoms with Crippen LogP contribution in [0.1, 0.15) is 499 Å². The monoisotopic (exact) mass is 1900 g/mol. The van der Waals surface area contributed by atoms with Crippen LogP contribution in [-0.4, -0.2) is 111 Å². The summed E-state index contributed by atoms with van der Waals surface area (Å²) in [6.45, 7) is 79.0. The molecule has 0 radical (unpaired) electrons. The zero-order chi connectivity index (χ0) is 91.8. The van der Waals surface area contributed by atoms with Crippen molar-refractivity contribution in [3.05, 3.63) is 0 Å². The van der Waals surface area contributed by atoms with E-state index < -0.39 is 41.4 Å². The topological polar surface area (TPSA) is 213 Å². The molecule has 25 atom stereocenters. The summed E-state index contributed by atoms with van der Waals surface area (Å²) in [5.41, 5.74) is 1.80. The van der Waals surface area contributed by atoms with Crippen LogP contribution in [0.2, 0.25) is 0 Å². The van der Waals surface area contributed by atoms with Crippen molar-refractivity contribution in [2.75, 3.05) is 13.6 Å². The fourth-order valence-corrected chi connectivity index (χ4v) is 24.4. The molecule has 798 valence electrons. The highest BCUT2D eigenvalue weighted by Gasteiger charge is 2.67. The van der Waals surface area contributed by atoms with Crippen LogP contribution < -0.4 is 0 Å². The van der Waals surface area contributed by atoms with E-state index in [2.05, 4.69) is 125 Å². The molecule has 0 heterocycles. The number of ether oxygens (including phenoxy) is 12. The Morgan fingerprint density at radius 1 is 0.293 bits per heavy atom. The first kappa shape index (κ1) is 140. The molecule has 0 saturated heterocycles. The lowest BCUT2D eigenvalue weighted by atomic mass is 9.70. The number of carbonyl (C=O) groups excluding carboxylic acids is 6. The summed E-state index contributed by atoms with van der Waals surface area (Å²) >= 11 is 0. The van der Waals surface area contributed by atoms with E-state index in [4.69, 9.17) is 56.8 Å². The van der Waals surface area contributed by atoms with Crippen molar-refractivity contribution in [3.63, 3.8) is 0 Å². The fraction of sp³-hybridized carbons (Fsp3) is 0.948. The largest absolute Gasteiger partial charge is 0.438 e. The minimum absolute atomic E-state index is 0. The summed E-state index contributed by atoms with van der Waals surface area (Å²) in [5, 5.41) is 0. The van der Waals surface area contributed by atoms with E-state index >= 15 is 0 Å². The van der Waals surface area contributed by atoms with Crippen LogP contribution in [0.4, 0.5) is 0 Å². The summed E-state index contributed by atoms with van der Waals surface area (Å²) in [6, 6.07) is 0. The third-order valence-corrected chi connectivity index (χ3v) is 37.9. The lowest BCUT2D eigenvalue weighted by molar-refractivity contribution is -0.219. The van der Waals surface area contributed by atoms with E-state index in [1.54, 1.807) is 0 Å². The van der Waals surface area contributed by atoms with Crippen LogP contribution in [0, 0.1) is 134 Å². The van der Waals surface area contributed by atoms with Crippen LogP contribution in [0.3, 0.4) is 0 Å². The first-order chi connectivity index (χ1) is 55.5. The summed E-state index contributed by atoms with van der Waals surface area (Å²) in [4.78, 5) is 71.6. The molecule has 0 aliphatic heterocycles. The van der Waals surface area contributed by atoms with Crippen LogP contribution in [0.25, 0.3) is 0 Å². The second kappa shape index (κ2) is 52.5. The summed E-state index contributed by atoms with van der Waals surface area (Å²) in [5.74, 6) is 3.42. The van der Waals surface area contributed by atoms with Gasteiger partial charge in [0, 0.05) is 0 Å². The molecule has 0 aromatic rings. The maximum absolute atomic E-state index is 12.2. The highest BCUT2D eigenvalue weighted by atomic mass is 16.7. The van der Waals surface area contributed by atoms with Gasteiger partial charge in [0.05, 0.1) is 70.6 Å². The van der Waals surface area contributed by atoms with Gasteiger partial charge in [0.1, 0.15) is 0 Å². The second-order valence-electron chi connectivity index (χ2n) is 47.6. The Morgan fingerprint density at radius 3 is 0.767 bits per heavy atom. The van der Waals surface area contributed by atoms with Gasteiger partial charge in [-0.2, -0.15) is 0 Å². The molecular weight excluding hydrogens is 1670 g/mol. The maximum atomic E-state index is 12.2. The van der Waals surface area contributed by atoms with E-state index in [-0.39, 0.29) is 236 Å². The lowest BCUT2D eigenvalue weighted by Gasteiger charge is -2.43. The molecule has 12 fully saturated rings. The molecule has 0 aromatic carbocycles. The minimum Gasteiger partial charge on any atom is -0.438 e. The Hall–Kier alpha value is -3.42. The van der Waals surface area contributed by atoms with Crippen molar-refractivity contribution in [3.8, 4) is 0 Å². The molecule has 18 heteroatoms. The van der Waals surface area contributed by atoms with Crippen molar-refractivity contribution < 1.29 is 85.6 Å². The minimum atomic E-state index is -0.469. The quantitative estimate of drug-likeness (QED) is 0.0371. The predicted octanol–water partition coefficient (Wildman–Crippen LogP) is 32.9. The zero-order valence-corrected chi connectivity index (χ0v) is 84.2. The van der Waals surface area contributed by atoms with E-state index in [1.165, 1.54) is 89.9 Å². The normalized spacial score (nSPS) is 33.3. The van der Waals surface area contributed by atoms with Crippen LogP contribution in [0.15, 0.2) is 0 Å². The Morgan fingerprint density at radius 2 is 0.526 bits per heavy atom. The van der Waals surface area contributed by atoms with Gasteiger partial charge in [0.25, 0.3) is 0 Å². The van der Waals surface area contributed by atoms with Crippen molar-refractivity contribution in [1.82, 2.24) is 0 Å². The molecule has 12 saturated carbocycles. The van der Waals surface area contributed by atoms with Gasteiger partial charge in [0.15, 0.2) is 38.7 Å². The molecule has 12 aliphatic rings. The number of hydrogen-bond donors (Lipinski definition) is 0. The molecule has 0 spiro atoms. The van der Waals surface area contributed by atoms with Crippen molar-refractivity contribution >= 4 is 35.8 Å². The molecule has 133 heavy (non-hydrogen) atoms. The number of carbonyl (C=O) groups is 6. The Bertz CT molecular complexity index is 3450. The van der Waals surface area contributed by atoms with Gasteiger partial charge in [-0.25, -0.2) is 0 Å². The molecule has 0 amide bonds. The highest BCUT2D eigenvalue weighted by molar-refractivity contribution is 5.77. The molecule has 25 unspecified atom stereocenters. The number of esters is 6. The summed E-state index contributed by atoms with van der Waals surface area (Å²) < 4.78 is 69.0. The van der Waals surface area contributed by atoms with E-state index in [0.29, 0.717) is 21.7 Å². The highest BCUT2D eigenvalue weighted by Crippen LogP contribution is 2.71. The predicted molar refractivity (Wildman–Crippen MR) is 560 cm³/mol. The van der Waals surface area contributed by atoms with Gasteiger partial charge in [-0.1, -0.05) is 276 Å². The van der Waals surface area contributed by atoms with Crippen LogP contribution >= 0.6 is 0 Å². The van der Waals surface area contributed by atoms with Crippen LogP contribution in [0.5, 0.6) is 0 Å². The van der Waals surface area contributed by atoms with E-state index in [0.717, 1.165) is 99.7 Å². The molecule has 12 bridgehead atoms. The number of rotatable bonds is 30. The van der Waals surface area contributed by atoms with Crippen molar-refractivity contribution in [2.45, 2.75) is 561 Å².